The highest BCUT2D eigenvalue weighted by molar-refractivity contribution is 7.80. The number of hydrogen-bond donors (Lipinski definition) is 1. The monoisotopic (exact) mass is 471 g/mol. The first-order valence-corrected chi connectivity index (χ1v) is 10.9. The molecule has 9 heteroatoms. The third-order valence-electron chi connectivity index (χ3n) is 5.28. The summed E-state index contributed by atoms with van der Waals surface area (Å²) in [5.74, 6) is 2.48. The van der Waals surface area contributed by atoms with E-state index in [1.165, 1.54) is 6.08 Å². The maximum absolute atomic E-state index is 12.9. The Morgan fingerprint density at radius 2 is 1.76 bits per heavy atom. The van der Waals surface area contributed by atoms with Gasteiger partial charge in [0.05, 0.1) is 28.4 Å². The Labute approximate surface area is 199 Å². The summed E-state index contributed by atoms with van der Waals surface area (Å²) >= 11 is 5.59. The first-order chi connectivity index (χ1) is 16.0. The minimum atomic E-state index is -0.166. The van der Waals surface area contributed by atoms with Gasteiger partial charge in [0.15, 0.2) is 16.6 Å². The molecule has 0 aliphatic carbocycles. The predicted molar refractivity (Wildman–Crippen MR) is 131 cm³/mol. The molecule has 3 rings (SSSR count). The molecule has 176 valence electrons. The molecule has 0 saturated carbocycles. The van der Waals surface area contributed by atoms with Crippen LogP contribution in [0.25, 0.3) is 6.08 Å². The van der Waals surface area contributed by atoms with Crippen LogP contribution < -0.4 is 24.3 Å². The Morgan fingerprint density at radius 3 is 2.45 bits per heavy atom. The number of carbonyl (C=O) groups excluding carboxylic acids is 1. The first kappa shape index (κ1) is 24.2. The molecule has 33 heavy (non-hydrogen) atoms. The number of amides is 1. The van der Waals surface area contributed by atoms with Crippen molar-refractivity contribution in [2.24, 2.45) is 0 Å². The van der Waals surface area contributed by atoms with Gasteiger partial charge in [-0.3, -0.25) is 9.80 Å². The van der Waals surface area contributed by atoms with Gasteiger partial charge in [-0.2, -0.15) is 0 Å². The summed E-state index contributed by atoms with van der Waals surface area (Å²) < 4.78 is 21.5. The van der Waals surface area contributed by atoms with E-state index in [9.17, 15) is 4.79 Å². The number of methoxy groups -OCH3 is 4. The van der Waals surface area contributed by atoms with Crippen LogP contribution in [0.3, 0.4) is 0 Å². The zero-order valence-electron chi connectivity index (χ0n) is 19.3. The fourth-order valence-electron chi connectivity index (χ4n) is 3.62. The molecule has 1 N–H and O–H groups in total. The highest BCUT2D eigenvalue weighted by Gasteiger charge is 2.27. The van der Waals surface area contributed by atoms with E-state index in [0.717, 1.165) is 17.5 Å². The number of benzene rings is 2. The Kier molecular flexibility index (Phi) is 8.37. The minimum absolute atomic E-state index is 0.166. The Hall–Kier alpha value is -3.46. The second-order valence-electron chi connectivity index (χ2n) is 7.19. The maximum atomic E-state index is 12.9. The molecule has 0 atom stereocenters. The quantitative estimate of drug-likeness (QED) is 0.465. The number of hydrazine groups is 1. The molecule has 0 spiro atoms. The second kappa shape index (κ2) is 11.4. The van der Waals surface area contributed by atoms with Crippen molar-refractivity contribution in [3.8, 4) is 23.0 Å². The zero-order valence-corrected chi connectivity index (χ0v) is 20.1. The van der Waals surface area contributed by atoms with Gasteiger partial charge in [0.25, 0.3) is 5.91 Å². The Morgan fingerprint density at radius 1 is 1.00 bits per heavy atom. The van der Waals surface area contributed by atoms with Crippen molar-refractivity contribution in [1.29, 1.82) is 0 Å². The number of ether oxygens (including phenoxy) is 4. The van der Waals surface area contributed by atoms with Gasteiger partial charge in [-0.1, -0.05) is 12.1 Å². The molecule has 1 fully saturated rings. The molecule has 1 aliphatic rings. The first-order valence-electron chi connectivity index (χ1n) is 10.5. The number of para-hydroxylation sites is 1. The van der Waals surface area contributed by atoms with Crippen LogP contribution in [0, 0.1) is 0 Å². The maximum Gasteiger partial charge on any atom is 0.265 e. The zero-order chi connectivity index (χ0) is 23.8. The summed E-state index contributed by atoms with van der Waals surface area (Å²) in [6.45, 7) is 1.68. The van der Waals surface area contributed by atoms with Crippen molar-refractivity contribution in [2.75, 3.05) is 41.5 Å². The van der Waals surface area contributed by atoms with Crippen molar-refractivity contribution in [1.82, 2.24) is 15.3 Å². The van der Waals surface area contributed by atoms with E-state index in [2.05, 4.69) is 5.32 Å². The van der Waals surface area contributed by atoms with Gasteiger partial charge < -0.3 is 24.3 Å². The molecule has 2 aromatic carbocycles. The molecule has 1 heterocycles. The Balaban J connectivity index is 1.68. The van der Waals surface area contributed by atoms with Crippen LogP contribution in [0.15, 0.2) is 42.5 Å². The van der Waals surface area contributed by atoms with E-state index in [1.54, 1.807) is 50.6 Å². The molecule has 0 aromatic heterocycles. The summed E-state index contributed by atoms with van der Waals surface area (Å²) in [6, 6.07) is 11.1. The number of nitrogens with one attached hydrogen (secondary N) is 1. The lowest BCUT2D eigenvalue weighted by Crippen LogP contribution is -2.48. The van der Waals surface area contributed by atoms with Crippen LogP contribution in [0.1, 0.15) is 17.5 Å². The van der Waals surface area contributed by atoms with Crippen molar-refractivity contribution in [3.63, 3.8) is 0 Å². The van der Waals surface area contributed by atoms with Gasteiger partial charge in [-0.25, -0.2) is 5.01 Å². The topological polar surface area (TPSA) is 72.5 Å². The van der Waals surface area contributed by atoms with Gasteiger partial charge in [0, 0.05) is 36.8 Å². The molecule has 0 radical (unpaired) electrons. The summed E-state index contributed by atoms with van der Waals surface area (Å²) in [6.07, 6.45) is 4.06. The van der Waals surface area contributed by atoms with E-state index in [4.69, 9.17) is 31.2 Å². The van der Waals surface area contributed by atoms with Crippen LogP contribution in [-0.4, -0.2) is 62.6 Å². The lowest BCUT2D eigenvalue weighted by Gasteiger charge is -2.29. The molecule has 0 bridgehead atoms. The van der Waals surface area contributed by atoms with E-state index in [0.29, 0.717) is 47.7 Å². The average molecular weight is 472 g/mol. The van der Waals surface area contributed by atoms with Crippen molar-refractivity contribution < 1.29 is 23.7 Å². The molecule has 8 nitrogen and oxygen atoms in total. The van der Waals surface area contributed by atoms with Crippen molar-refractivity contribution >= 4 is 29.3 Å². The van der Waals surface area contributed by atoms with Crippen LogP contribution in [0.4, 0.5) is 0 Å². The van der Waals surface area contributed by atoms with Crippen molar-refractivity contribution in [2.45, 2.75) is 13.0 Å². The fourth-order valence-corrected chi connectivity index (χ4v) is 3.89. The third kappa shape index (κ3) is 5.67. The number of rotatable bonds is 8. The smallest absolute Gasteiger partial charge is 0.265 e. The molecule has 1 amide bonds. The lowest BCUT2D eigenvalue weighted by molar-refractivity contribution is -0.133. The summed E-state index contributed by atoms with van der Waals surface area (Å²) in [5, 5.41) is 7.13. The van der Waals surface area contributed by atoms with Crippen LogP contribution >= 0.6 is 12.2 Å². The average Bonchev–Trinajstić information content (AvgIpc) is 3.35. The van der Waals surface area contributed by atoms with Crippen LogP contribution in [0.5, 0.6) is 23.0 Å². The largest absolute Gasteiger partial charge is 0.497 e. The normalized spacial score (nSPS) is 13.2. The number of nitrogens with zero attached hydrogens (tertiary/aromatic N) is 2. The van der Waals surface area contributed by atoms with Gasteiger partial charge >= 0.3 is 0 Å². The SMILES string of the molecule is COc1ccc(OC)c(/C=C/C(=O)N2CCCN2C(=S)NCc2cccc(OC)c2OC)c1. The van der Waals surface area contributed by atoms with E-state index in [-0.39, 0.29) is 5.91 Å². The van der Waals surface area contributed by atoms with E-state index in [1.807, 2.05) is 30.3 Å². The Bertz CT molecular complexity index is 1030. The fraction of sp³-hybridized carbons (Fsp3) is 0.333. The number of carbonyl (C=O) groups is 1. The molecular weight excluding hydrogens is 442 g/mol. The summed E-state index contributed by atoms with van der Waals surface area (Å²) in [7, 11) is 6.38. The highest BCUT2D eigenvalue weighted by atomic mass is 32.1. The van der Waals surface area contributed by atoms with Crippen LogP contribution in [-0.2, 0) is 11.3 Å². The van der Waals surface area contributed by atoms with Gasteiger partial charge in [0.2, 0.25) is 0 Å². The number of thiocarbonyl (C=S) groups is 1. The summed E-state index contributed by atoms with van der Waals surface area (Å²) in [5.41, 5.74) is 1.66. The third-order valence-corrected chi connectivity index (χ3v) is 5.63. The molecular formula is C24H29N3O5S. The molecule has 2 aromatic rings. The van der Waals surface area contributed by atoms with Gasteiger partial charge in [-0.05, 0) is 49.0 Å². The van der Waals surface area contributed by atoms with E-state index >= 15 is 0 Å². The summed E-state index contributed by atoms with van der Waals surface area (Å²) in [4.78, 5) is 12.9. The van der Waals surface area contributed by atoms with Crippen molar-refractivity contribution in [3.05, 3.63) is 53.6 Å². The predicted octanol–water partition coefficient (Wildman–Crippen LogP) is 3.26. The molecule has 1 aliphatic heterocycles. The highest BCUT2D eigenvalue weighted by Crippen LogP contribution is 2.30. The van der Waals surface area contributed by atoms with E-state index < -0.39 is 0 Å². The molecule has 1 saturated heterocycles. The van der Waals surface area contributed by atoms with Gasteiger partial charge in [0.1, 0.15) is 11.5 Å². The minimum Gasteiger partial charge on any atom is -0.497 e. The lowest BCUT2D eigenvalue weighted by atomic mass is 10.1. The van der Waals surface area contributed by atoms with Gasteiger partial charge in [-0.15, -0.1) is 0 Å². The second-order valence-corrected chi connectivity index (χ2v) is 7.58. The number of hydrogen-bond acceptors (Lipinski definition) is 6. The van der Waals surface area contributed by atoms with Crippen LogP contribution in [0.2, 0.25) is 0 Å². The molecule has 0 unspecified atom stereocenters. The standard InChI is InChI=1S/C24H29N3O5S/c1-29-19-10-11-20(30-2)17(15-19)9-12-22(28)26-13-6-14-27(26)24(33)25-16-18-7-5-8-21(31-3)23(18)32-4/h5,7-12,15H,6,13-14,16H2,1-4H3,(H,25,33)/b12-9+.